The van der Waals surface area contributed by atoms with Crippen molar-refractivity contribution >= 4 is 23.2 Å². The lowest BCUT2D eigenvalue weighted by atomic mass is 10.2. The van der Waals surface area contributed by atoms with Crippen LogP contribution in [0.1, 0.15) is 29.4 Å². The van der Waals surface area contributed by atoms with Crippen molar-refractivity contribution in [3.63, 3.8) is 0 Å². The van der Waals surface area contributed by atoms with Crippen molar-refractivity contribution in [2.45, 2.75) is 25.9 Å². The lowest BCUT2D eigenvalue weighted by Gasteiger charge is -2.24. The van der Waals surface area contributed by atoms with E-state index >= 15 is 0 Å². The number of carbonyl (C=O) groups excluding carboxylic acids is 2. The lowest BCUT2D eigenvalue weighted by molar-refractivity contribution is -0.130. The Labute approximate surface area is 122 Å². The van der Waals surface area contributed by atoms with Gasteiger partial charge in [-0.3, -0.25) is 9.59 Å². The highest BCUT2D eigenvalue weighted by atomic mass is 32.1. The number of nitrogens with one attached hydrogen (secondary N) is 1. The Morgan fingerprint density at radius 1 is 1.55 bits per heavy atom. The summed E-state index contributed by atoms with van der Waals surface area (Å²) in [6, 6.07) is 3.63. The zero-order chi connectivity index (χ0) is 14.4. The van der Waals surface area contributed by atoms with E-state index in [2.05, 4.69) is 5.32 Å². The second-order valence-electron chi connectivity index (χ2n) is 4.83. The zero-order valence-corrected chi connectivity index (χ0v) is 12.4. The van der Waals surface area contributed by atoms with Crippen molar-refractivity contribution in [1.82, 2.24) is 10.2 Å². The molecule has 2 rings (SSSR count). The Balaban J connectivity index is 1.74. The maximum atomic E-state index is 11.8. The van der Waals surface area contributed by atoms with Crippen molar-refractivity contribution in [3.8, 4) is 0 Å². The molecule has 5 nitrogen and oxygen atoms in total. The molecule has 2 heterocycles. The van der Waals surface area contributed by atoms with Crippen LogP contribution in [0.15, 0.2) is 17.5 Å². The van der Waals surface area contributed by atoms with Gasteiger partial charge in [0.05, 0.1) is 11.0 Å². The average molecular weight is 296 g/mol. The first-order valence-electron chi connectivity index (χ1n) is 6.85. The SMILES string of the molecule is CC(=O)N(CCNC(=O)c1cccs1)CC1CCCO1. The molecule has 0 aliphatic carbocycles. The number of thiophene rings is 1. The Morgan fingerprint density at radius 2 is 2.40 bits per heavy atom. The molecule has 1 aliphatic heterocycles. The minimum atomic E-state index is -0.0828. The monoisotopic (exact) mass is 296 g/mol. The third-order valence-corrected chi connectivity index (χ3v) is 4.17. The van der Waals surface area contributed by atoms with Gasteiger partial charge in [0.15, 0.2) is 0 Å². The standard InChI is InChI=1S/C14H20N2O3S/c1-11(17)16(10-12-4-2-8-19-12)7-6-15-14(18)13-5-3-9-20-13/h3,5,9,12H,2,4,6-8,10H2,1H3,(H,15,18). The Bertz CT molecular complexity index is 441. The summed E-state index contributed by atoms with van der Waals surface area (Å²) in [6.45, 7) is 3.93. The molecule has 1 aromatic heterocycles. The first-order chi connectivity index (χ1) is 9.66. The van der Waals surface area contributed by atoms with Crippen molar-refractivity contribution in [2.75, 3.05) is 26.2 Å². The molecule has 1 atom stereocenters. The van der Waals surface area contributed by atoms with E-state index in [0.717, 1.165) is 19.4 Å². The number of amides is 2. The summed E-state index contributed by atoms with van der Waals surface area (Å²) in [5.41, 5.74) is 0. The molecule has 1 N–H and O–H groups in total. The predicted molar refractivity (Wildman–Crippen MR) is 77.9 cm³/mol. The first-order valence-corrected chi connectivity index (χ1v) is 7.73. The van der Waals surface area contributed by atoms with Gasteiger partial charge >= 0.3 is 0 Å². The Morgan fingerprint density at radius 3 is 3.00 bits per heavy atom. The fourth-order valence-electron chi connectivity index (χ4n) is 2.21. The highest BCUT2D eigenvalue weighted by Gasteiger charge is 2.20. The molecular formula is C14H20N2O3S. The smallest absolute Gasteiger partial charge is 0.261 e. The largest absolute Gasteiger partial charge is 0.376 e. The molecule has 110 valence electrons. The average Bonchev–Trinajstić information content (AvgIpc) is 3.10. The lowest BCUT2D eigenvalue weighted by Crippen LogP contribution is -2.41. The molecule has 0 radical (unpaired) electrons. The van der Waals surface area contributed by atoms with E-state index in [9.17, 15) is 9.59 Å². The summed E-state index contributed by atoms with van der Waals surface area (Å²) < 4.78 is 5.54. The van der Waals surface area contributed by atoms with Gasteiger partial charge in [-0.1, -0.05) is 6.07 Å². The van der Waals surface area contributed by atoms with E-state index in [1.54, 1.807) is 17.9 Å². The number of hydrogen-bond donors (Lipinski definition) is 1. The molecule has 6 heteroatoms. The summed E-state index contributed by atoms with van der Waals surface area (Å²) in [4.78, 5) is 25.8. The fourth-order valence-corrected chi connectivity index (χ4v) is 2.85. The molecule has 0 spiro atoms. The van der Waals surface area contributed by atoms with Crippen LogP contribution in [0.25, 0.3) is 0 Å². The minimum absolute atomic E-state index is 0.0193. The number of nitrogens with zero attached hydrogens (tertiary/aromatic N) is 1. The van der Waals surface area contributed by atoms with Gasteiger partial charge in [-0.15, -0.1) is 11.3 Å². The summed E-state index contributed by atoms with van der Waals surface area (Å²) >= 11 is 1.41. The normalized spacial score (nSPS) is 17.9. The summed E-state index contributed by atoms with van der Waals surface area (Å²) in [5, 5.41) is 4.70. The van der Waals surface area contributed by atoms with Crippen molar-refractivity contribution in [1.29, 1.82) is 0 Å². The van der Waals surface area contributed by atoms with Crippen molar-refractivity contribution in [2.24, 2.45) is 0 Å². The number of carbonyl (C=O) groups is 2. The minimum Gasteiger partial charge on any atom is -0.376 e. The molecule has 1 fully saturated rings. The van der Waals surface area contributed by atoms with Crippen LogP contribution in [0, 0.1) is 0 Å². The summed E-state index contributed by atoms with van der Waals surface area (Å²) in [7, 11) is 0. The van der Waals surface area contributed by atoms with Crippen LogP contribution in [-0.2, 0) is 9.53 Å². The zero-order valence-electron chi connectivity index (χ0n) is 11.6. The van der Waals surface area contributed by atoms with Gasteiger partial charge in [0.1, 0.15) is 0 Å². The van der Waals surface area contributed by atoms with E-state index in [1.807, 2.05) is 11.4 Å². The van der Waals surface area contributed by atoms with Gasteiger partial charge in [-0.2, -0.15) is 0 Å². The topological polar surface area (TPSA) is 58.6 Å². The number of rotatable bonds is 6. The van der Waals surface area contributed by atoms with E-state index in [4.69, 9.17) is 4.74 Å². The van der Waals surface area contributed by atoms with E-state index in [-0.39, 0.29) is 17.9 Å². The highest BCUT2D eigenvalue weighted by Crippen LogP contribution is 2.13. The van der Waals surface area contributed by atoms with E-state index in [0.29, 0.717) is 24.5 Å². The second kappa shape index (κ2) is 7.40. The molecular weight excluding hydrogens is 276 g/mol. The van der Waals surface area contributed by atoms with Gasteiger partial charge in [-0.05, 0) is 24.3 Å². The predicted octanol–water partition coefficient (Wildman–Crippen LogP) is 1.51. The summed E-state index contributed by atoms with van der Waals surface area (Å²) in [6.07, 6.45) is 2.21. The van der Waals surface area contributed by atoms with Crippen LogP contribution in [0.4, 0.5) is 0 Å². The van der Waals surface area contributed by atoms with Gasteiger partial charge in [0.25, 0.3) is 5.91 Å². The molecule has 0 aromatic carbocycles. The number of hydrogen-bond acceptors (Lipinski definition) is 4. The van der Waals surface area contributed by atoms with Crippen LogP contribution in [-0.4, -0.2) is 49.1 Å². The second-order valence-corrected chi connectivity index (χ2v) is 5.78. The van der Waals surface area contributed by atoms with Crippen LogP contribution in [0.5, 0.6) is 0 Å². The molecule has 0 bridgehead atoms. The van der Waals surface area contributed by atoms with Gasteiger partial charge < -0.3 is 15.0 Å². The molecule has 20 heavy (non-hydrogen) atoms. The van der Waals surface area contributed by atoms with Gasteiger partial charge in [0.2, 0.25) is 5.91 Å². The molecule has 1 unspecified atom stereocenters. The molecule has 1 saturated heterocycles. The maximum Gasteiger partial charge on any atom is 0.261 e. The van der Waals surface area contributed by atoms with Crippen LogP contribution in [0.2, 0.25) is 0 Å². The molecule has 2 amide bonds. The Hall–Kier alpha value is -1.40. The van der Waals surface area contributed by atoms with Crippen molar-refractivity contribution < 1.29 is 14.3 Å². The van der Waals surface area contributed by atoms with Crippen LogP contribution >= 0.6 is 11.3 Å². The van der Waals surface area contributed by atoms with E-state index < -0.39 is 0 Å². The quantitative estimate of drug-likeness (QED) is 0.865. The van der Waals surface area contributed by atoms with Gasteiger partial charge in [-0.25, -0.2) is 0 Å². The van der Waals surface area contributed by atoms with Crippen LogP contribution in [0.3, 0.4) is 0 Å². The van der Waals surface area contributed by atoms with Crippen molar-refractivity contribution in [3.05, 3.63) is 22.4 Å². The molecule has 1 aliphatic rings. The van der Waals surface area contributed by atoms with Crippen LogP contribution < -0.4 is 5.32 Å². The number of ether oxygens (including phenoxy) is 1. The Kier molecular flexibility index (Phi) is 5.55. The first kappa shape index (κ1) is 15.0. The third-order valence-electron chi connectivity index (χ3n) is 3.31. The third kappa shape index (κ3) is 4.31. The molecule has 0 saturated carbocycles. The summed E-state index contributed by atoms with van der Waals surface area (Å²) in [5.74, 6) is -0.0634. The molecule has 1 aromatic rings. The fraction of sp³-hybridized carbons (Fsp3) is 0.571. The highest BCUT2D eigenvalue weighted by molar-refractivity contribution is 7.12. The maximum absolute atomic E-state index is 11.8. The van der Waals surface area contributed by atoms with E-state index in [1.165, 1.54) is 11.3 Å². The van der Waals surface area contributed by atoms with Gasteiger partial charge in [0, 0.05) is 33.2 Å².